The Bertz CT molecular complexity index is 452. The third-order valence-electron chi connectivity index (χ3n) is 3.40. The van der Waals surface area contributed by atoms with E-state index in [1.165, 1.54) is 18.4 Å². The van der Waals surface area contributed by atoms with Gasteiger partial charge in [0.05, 0.1) is 17.7 Å². The third-order valence-corrected chi connectivity index (χ3v) is 3.99. The second kappa shape index (κ2) is 8.61. The van der Waals surface area contributed by atoms with Crippen LogP contribution in [0.25, 0.3) is 0 Å². The second-order valence-corrected chi connectivity index (χ2v) is 6.50. The van der Waals surface area contributed by atoms with Crippen LogP contribution in [0.4, 0.5) is 0 Å². The molecule has 2 rings (SSSR count). The van der Waals surface area contributed by atoms with E-state index in [1.54, 1.807) is 0 Å². The van der Waals surface area contributed by atoms with E-state index < -0.39 is 0 Å². The summed E-state index contributed by atoms with van der Waals surface area (Å²) in [5.74, 6) is 1.69. The summed E-state index contributed by atoms with van der Waals surface area (Å²) in [7, 11) is 4.23. The SMILES string of the molecule is CN(C)CCCCNCc1cc(Br)c2c(c1)OCCCO2. The maximum absolute atomic E-state index is 5.75. The van der Waals surface area contributed by atoms with Crippen LogP contribution in [0.1, 0.15) is 24.8 Å². The predicted octanol–water partition coefficient (Wildman–Crippen LogP) is 3.04. The lowest BCUT2D eigenvalue weighted by Crippen LogP contribution is -2.18. The topological polar surface area (TPSA) is 33.7 Å². The largest absolute Gasteiger partial charge is 0.490 e. The zero-order chi connectivity index (χ0) is 15.1. The van der Waals surface area contributed by atoms with E-state index in [0.29, 0.717) is 0 Å². The Morgan fingerprint density at radius 2 is 2.00 bits per heavy atom. The molecule has 0 aromatic heterocycles. The molecule has 1 aromatic rings. The molecule has 0 saturated carbocycles. The molecule has 4 nitrogen and oxygen atoms in total. The van der Waals surface area contributed by atoms with Gasteiger partial charge in [0.1, 0.15) is 0 Å². The van der Waals surface area contributed by atoms with Gasteiger partial charge in [0.25, 0.3) is 0 Å². The monoisotopic (exact) mass is 356 g/mol. The van der Waals surface area contributed by atoms with E-state index in [1.807, 2.05) is 0 Å². The highest BCUT2D eigenvalue weighted by Gasteiger charge is 2.14. The highest BCUT2D eigenvalue weighted by molar-refractivity contribution is 9.10. The third kappa shape index (κ3) is 5.49. The molecule has 1 aliphatic rings. The average molecular weight is 357 g/mol. The Kier molecular flexibility index (Phi) is 6.80. The maximum Gasteiger partial charge on any atom is 0.175 e. The van der Waals surface area contributed by atoms with Crippen LogP contribution in [0.15, 0.2) is 16.6 Å². The molecule has 0 unspecified atom stereocenters. The van der Waals surface area contributed by atoms with Gasteiger partial charge in [-0.25, -0.2) is 0 Å². The molecule has 0 bridgehead atoms. The van der Waals surface area contributed by atoms with E-state index >= 15 is 0 Å². The second-order valence-electron chi connectivity index (χ2n) is 5.64. The molecular formula is C16H25BrN2O2. The molecule has 0 fully saturated rings. The maximum atomic E-state index is 5.75. The van der Waals surface area contributed by atoms with Crippen LogP contribution in [0, 0.1) is 0 Å². The van der Waals surface area contributed by atoms with Crippen molar-refractivity contribution in [3.8, 4) is 11.5 Å². The Labute approximate surface area is 135 Å². The zero-order valence-electron chi connectivity index (χ0n) is 13.0. The van der Waals surface area contributed by atoms with Crippen molar-refractivity contribution in [1.82, 2.24) is 10.2 Å². The number of fused-ring (bicyclic) bond motifs is 1. The van der Waals surface area contributed by atoms with Gasteiger partial charge < -0.3 is 19.7 Å². The number of rotatable bonds is 7. The molecule has 0 atom stereocenters. The molecule has 0 radical (unpaired) electrons. The summed E-state index contributed by atoms with van der Waals surface area (Å²) in [6.45, 7) is 4.49. The lowest BCUT2D eigenvalue weighted by Gasteiger charge is -2.13. The zero-order valence-corrected chi connectivity index (χ0v) is 14.5. The van der Waals surface area contributed by atoms with Crippen LogP contribution in [0.5, 0.6) is 11.5 Å². The van der Waals surface area contributed by atoms with Crippen LogP contribution in [0.3, 0.4) is 0 Å². The first kappa shape index (κ1) is 16.6. The normalized spacial score (nSPS) is 14.3. The molecule has 0 saturated heterocycles. The van der Waals surface area contributed by atoms with Gasteiger partial charge >= 0.3 is 0 Å². The molecule has 1 aromatic carbocycles. The first-order valence-corrected chi connectivity index (χ1v) is 8.39. The summed E-state index contributed by atoms with van der Waals surface area (Å²) in [4.78, 5) is 2.22. The van der Waals surface area contributed by atoms with Crippen LogP contribution >= 0.6 is 15.9 Å². The van der Waals surface area contributed by atoms with E-state index in [2.05, 4.69) is 52.4 Å². The molecule has 5 heteroatoms. The Morgan fingerprint density at radius 1 is 1.19 bits per heavy atom. The Balaban J connectivity index is 1.81. The minimum atomic E-state index is 0.717. The van der Waals surface area contributed by atoms with E-state index in [4.69, 9.17) is 9.47 Å². The molecule has 0 spiro atoms. The Hall–Kier alpha value is -0.780. The number of benzene rings is 1. The fraction of sp³-hybridized carbons (Fsp3) is 0.625. The van der Waals surface area contributed by atoms with Crippen molar-refractivity contribution in [3.63, 3.8) is 0 Å². The molecule has 0 aliphatic carbocycles. The molecule has 1 aliphatic heterocycles. The van der Waals surface area contributed by atoms with Gasteiger partial charge in [-0.2, -0.15) is 0 Å². The van der Waals surface area contributed by atoms with E-state index in [-0.39, 0.29) is 0 Å². The predicted molar refractivity (Wildman–Crippen MR) is 89.2 cm³/mol. The van der Waals surface area contributed by atoms with Crippen molar-refractivity contribution in [2.45, 2.75) is 25.8 Å². The van der Waals surface area contributed by atoms with Crippen molar-refractivity contribution >= 4 is 15.9 Å². The fourth-order valence-electron chi connectivity index (χ4n) is 2.30. The highest BCUT2D eigenvalue weighted by Crippen LogP contribution is 2.38. The number of hydrogen-bond donors (Lipinski definition) is 1. The molecule has 1 heterocycles. The van der Waals surface area contributed by atoms with Crippen LogP contribution in [-0.2, 0) is 6.54 Å². The number of halogens is 1. The number of hydrogen-bond acceptors (Lipinski definition) is 4. The van der Waals surface area contributed by atoms with Crippen LogP contribution in [-0.4, -0.2) is 45.3 Å². The summed E-state index contributed by atoms with van der Waals surface area (Å²) in [6, 6.07) is 4.19. The quantitative estimate of drug-likeness (QED) is 0.761. The van der Waals surface area contributed by atoms with E-state index in [0.717, 1.165) is 55.2 Å². The van der Waals surface area contributed by atoms with Gasteiger partial charge in [-0.05, 0) is 73.7 Å². The van der Waals surface area contributed by atoms with Crippen LogP contribution < -0.4 is 14.8 Å². The molecule has 118 valence electrons. The van der Waals surface area contributed by atoms with Crippen molar-refractivity contribution in [2.24, 2.45) is 0 Å². The Morgan fingerprint density at radius 3 is 2.81 bits per heavy atom. The van der Waals surface area contributed by atoms with Gasteiger partial charge in [0.15, 0.2) is 11.5 Å². The molecule has 21 heavy (non-hydrogen) atoms. The van der Waals surface area contributed by atoms with Crippen molar-refractivity contribution in [2.75, 3.05) is 40.4 Å². The van der Waals surface area contributed by atoms with Gasteiger partial charge in [-0.1, -0.05) is 0 Å². The smallest absolute Gasteiger partial charge is 0.175 e. The summed E-state index contributed by atoms with van der Waals surface area (Å²) in [6.07, 6.45) is 3.36. The van der Waals surface area contributed by atoms with Crippen molar-refractivity contribution < 1.29 is 9.47 Å². The highest BCUT2D eigenvalue weighted by atomic mass is 79.9. The summed E-state index contributed by atoms with van der Waals surface area (Å²) in [5, 5.41) is 3.49. The first-order chi connectivity index (χ1) is 10.2. The van der Waals surface area contributed by atoms with Gasteiger partial charge in [-0.15, -0.1) is 0 Å². The number of unbranched alkanes of at least 4 members (excludes halogenated alkanes) is 1. The number of nitrogens with zero attached hydrogens (tertiary/aromatic N) is 1. The number of ether oxygens (including phenoxy) is 2. The fourth-order valence-corrected chi connectivity index (χ4v) is 2.90. The van der Waals surface area contributed by atoms with Gasteiger partial charge in [0, 0.05) is 13.0 Å². The first-order valence-electron chi connectivity index (χ1n) is 7.60. The van der Waals surface area contributed by atoms with Gasteiger partial charge in [-0.3, -0.25) is 0 Å². The van der Waals surface area contributed by atoms with Gasteiger partial charge in [0.2, 0.25) is 0 Å². The minimum absolute atomic E-state index is 0.717. The standard InChI is InChI=1S/C16H25BrN2O2/c1-19(2)7-4-3-6-18-12-13-10-14(17)16-15(11-13)20-8-5-9-21-16/h10-11,18H,3-9,12H2,1-2H3. The van der Waals surface area contributed by atoms with E-state index in [9.17, 15) is 0 Å². The average Bonchev–Trinajstić information content (AvgIpc) is 2.68. The lowest BCUT2D eigenvalue weighted by molar-refractivity contribution is 0.296. The number of nitrogens with one attached hydrogen (secondary N) is 1. The summed E-state index contributed by atoms with van der Waals surface area (Å²) < 4.78 is 12.4. The lowest BCUT2D eigenvalue weighted by atomic mass is 10.2. The minimum Gasteiger partial charge on any atom is -0.490 e. The molecule has 1 N–H and O–H groups in total. The van der Waals surface area contributed by atoms with Crippen LogP contribution in [0.2, 0.25) is 0 Å². The summed E-state index contributed by atoms with van der Waals surface area (Å²) >= 11 is 3.58. The van der Waals surface area contributed by atoms with Crippen molar-refractivity contribution in [3.05, 3.63) is 22.2 Å². The molecule has 0 amide bonds. The summed E-state index contributed by atoms with van der Waals surface area (Å²) in [5.41, 5.74) is 1.22. The van der Waals surface area contributed by atoms with Crippen molar-refractivity contribution in [1.29, 1.82) is 0 Å². The molecular weight excluding hydrogens is 332 g/mol.